The molecule has 0 aromatic carbocycles. The number of carbonyl (C=O) groups is 1. The van der Waals surface area contributed by atoms with E-state index in [2.05, 4.69) is 29.8 Å². The Labute approximate surface area is 126 Å². The van der Waals surface area contributed by atoms with E-state index >= 15 is 0 Å². The molecule has 5 nitrogen and oxygen atoms in total. The van der Waals surface area contributed by atoms with E-state index in [1.165, 1.54) is 32.1 Å². The normalized spacial score (nSPS) is 16.8. The second-order valence-electron chi connectivity index (χ2n) is 6.54. The molecule has 1 N–H and O–H groups in total. The molecular formula is C16H27N3O2. The van der Waals surface area contributed by atoms with Gasteiger partial charge in [0.05, 0.1) is 18.3 Å². The zero-order chi connectivity index (χ0) is 15.2. The molecule has 0 bridgehead atoms. The molecule has 0 saturated heterocycles. The van der Waals surface area contributed by atoms with Crippen LogP contribution in [0.1, 0.15) is 57.7 Å². The summed E-state index contributed by atoms with van der Waals surface area (Å²) < 4.78 is 2.09. The fourth-order valence-electron chi connectivity index (χ4n) is 3.13. The Kier molecular flexibility index (Phi) is 5.79. The fourth-order valence-corrected chi connectivity index (χ4v) is 3.13. The van der Waals surface area contributed by atoms with E-state index in [0.29, 0.717) is 18.5 Å². The minimum absolute atomic E-state index is 0.0778. The van der Waals surface area contributed by atoms with Crippen molar-refractivity contribution in [2.75, 3.05) is 13.1 Å². The van der Waals surface area contributed by atoms with Crippen LogP contribution in [-0.2, 0) is 11.3 Å². The van der Waals surface area contributed by atoms with Crippen LogP contribution in [0.3, 0.4) is 0 Å². The molecule has 0 radical (unpaired) electrons. The van der Waals surface area contributed by atoms with Crippen LogP contribution in [0.25, 0.3) is 0 Å². The molecule has 0 atom stereocenters. The summed E-state index contributed by atoms with van der Waals surface area (Å²) in [6.45, 7) is 5.69. The van der Waals surface area contributed by atoms with Crippen LogP contribution >= 0.6 is 0 Å². The fraction of sp³-hybridized carbons (Fsp3) is 0.750. The number of nitrogens with zero attached hydrogens (tertiary/aromatic N) is 3. The highest BCUT2D eigenvalue weighted by Gasteiger charge is 2.17. The standard InChI is InChI=1S/C16H27N3O2/c1-13(2)10-18(12-16(20)21)11-14-8-9-19(17-14)15-6-4-3-5-7-15/h8-9,13,15H,3-7,10-12H2,1-2H3,(H,20,21). The summed E-state index contributed by atoms with van der Waals surface area (Å²) in [5.74, 6) is -0.327. The van der Waals surface area contributed by atoms with Gasteiger partial charge in [-0.05, 0) is 24.8 Å². The molecule has 1 saturated carbocycles. The highest BCUT2D eigenvalue weighted by Crippen LogP contribution is 2.27. The summed E-state index contributed by atoms with van der Waals surface area (Å²) in [6.07, 6.45) is 8.40. The third-order valence-electron chi connectivity index (χ3n) is 3.98. The number of carboxylic acids is 1. The Morgan fingerprint density at radius 3 is 2.76 bits per heavy atom. The lowest BCUT2D eigenvalue weighted by molar-refractivity contribution is -0.138. The first-order chi connectivity index (χ1) is 10.0. The van der Waals surface area contributed by atoms with Crippen LogP contribution in [0.4, 0.5) is 0 Å². The second kappa shape index (κ2) is 7.59. The van der Waals surface area contributed by atoms with Crippen LogP contribution in [0, 0.1) is 5.92 Å². The molecular weight excluding hydrogens is 266 g/mol. The molecule has 0 spiro atoms. The molecule has 2 rings (SSSR count). The van der Waals surface area contributed by atoms with Gasteiger partial charge in [0.2, 0.25) is 0 Å². The van der Waals surface area contributed by atoms with Gasteiger partial charge in [-0.3, -0.25) is 14.4 Å². The number of hydrogen-bond donors (Lipinski definition) is 1. The number of carboxylic acid groups (broad SMARTS) is 1. The van der Waals surface area contributed by atoms with Gasteiger partial charge in [-0.15, -0.1) is 0 Å². The monoisotopic (exact) mass is 293 g/mol. The van der Waals surface area contributed by atoms with E-state index in [1.807, 2.05) is 11.0 Å². The van der Waals surface area contributed by atoms with Crippen LogP contribution in [0.5, 0.6) is 0 Å². The van der Waals surface area contributed by atoms with Crippen molar-refractivity contribution in [3.8, 4) is 0 Å². The van der Waals surface area contributed by atoms with Crippen molar-refractivity contribution in [3.63, 3.8) is 0 Å². The quantitative estimate of drug-likeness (QED) is 0.839. The topological polar surface area (TPSA) is 58.4 Å². The van der Waals surface area contributed by atoms with Crippen molar-refractivity contribution in [3.05, 3.63) is 18.0 Å². The van der Waals surface area contributed by atoms with Crippen molar-refractivity contribution >= 4 is 5.97 Å². The first-order valence-electron chi connectivity index (χ1n) is 8.02. The summed E-state index contributed by atoms with van der Waals surface area (Å²) in [7, 11) is 0. The van der Waals surface area contributed by atoms with E-state index < -0.39 is 5.97 Å². The van der Waals surface area contributed by atoms with E-state index in [-0.39, 0.29) is 6.54 Å². The van der Waals surface area contributed by atoms with Crippen molar-refractivity contribution in [1.82, 2.24) is 14.7 Å². The molecule has 1 aromatic rings. The van der Waals surface area contributed by atoms with Crippen LogP contribution in [-0.4, -0.2) is 38.8 Å². The van der Waals surface area contributed by atoms with Gasteiger partial charge in [0.1, 0.15) is 0 Å². The second-order valence-corrected chi connectivity index (χ2v) is 6.54. The maximum absolute atomic E-state index is 11.0. The molecule has 1 aliphatic rings. The molecule has 1 aromatic heterocycles. The summed E-state index contributed by atoms with van der Waals surface area (Å²) in [6, 6.07) is 2.56. The molecule has 0 unspecified atom stereocenters. The van der Waals surface area contributed by atoms with Gasteiger partial charge in [0.25, 0.3) is 0 Å². The van der Waals surface area contributed by atoms with Gasteiger partial charge in [-0.2, -0.15) is 5.10 Å². The number of aromatic nitrogens is 2. The minimum Gasteiger partial charge on any atom is -0.480 e. The lowest BCUT2D eigenvalue weighted by Gasteiger charge is -2.23. The van der Waals surface area contributed by atoms with E-state index in [1.54, 1.807) is 0 Å². The molecule has 1 fully saturated rings. The van der Waals surface area contributed by atoms with E-state index in [9.17, 15) is 4.79 Å². The van der Waals surface area contributed by atoms with Crippen molar-refractivity contribution in [2.24, 2.45) is 5.92 Å². The zero-order valence-electron chi connectivity index (χ0n) is 13.2. The molecule has 118 valence electrons. The van der Waals surface area contributed by atoms with Gasteiger partial charge in [0, 0.05) is 19.3 Å². The third kappa shape index (κ3) is 5.16. The van der Waals surface area contributed by atoms with Crippen molar-refractivity contribution in [1.29, 1.82) is 0 Å². The number of hydrogen-bond acceptors (Lipinski definition) is 3. The summed E-state index contributed by atoms with van der Waals surface area (Å²) in [5, 5.41) is 13.7. The lowest BCUT2D eigenvalue weighted by atomic mass is 9.96. The number of aliphatic carboxylic acids is 1. The first kappa shape index (κ1) is 16.0. The highest BCUT2D eigenvalue weighted by atomic mass is 16.4. The van der Waals surface area contributed by atoms with Gasteiger partial charge >= 0.3 is 5.97 Å². The average Bonchev–Trinajstić information content (AvgIpc) is 2.86. The summed E-state index contributed by atoms with van der Waals surface area (Å²) in [5.41, 5.74) is 0.975. The third-order valence-corrected chi connectivity index (χ3v) is 3.98. The Bertz CT molecular complexity index is 450. The van der Waals surface area contributed by atoms with Gasteiger partial charge in [-0.25, -0.2) is 0 Å². The average molecular weight is 293 g/mol. The molecule has 1 heterocycles. The maximum atomic E-state index is 11.0. The molecule has 5 heteroatoms. The van der Waals surface area contributed by atoms with Gasteiger partial charge in [0.15, 0.2) is 0 Å². The molecule has 1 aliphatic carbocycles. The van der Waals surface area contributed by atoms with E-state index in [0.717, 1.165) is 12.2 Å². The zero-order valence-corrected chi connectivity index (χ0v) is 13.2. The molecule has 21 heavy (non-hydrogen) atoms. The Balaban J connectivity index is 1.96. The van der Waals surface area contributed by atoms with Gasteiger partial charge < -0.3 is 5.11 Å². The Morgan fingerprint density at radius 2 is 2.14 bits per heavy atom. The predicted molar refractivity (Wildman–Crippen MR) is 82.1 cm³/mol. The predicted octanol–water partition coefficient (Wildman–Crippen LogP) is 2.93. The summed E-state index contributed by atoms with van der Waals surface area (Å²) >= 11 is 0. The maximum Gasteiger partial charge on any atom is 0.317 e. The van der Waals surface area contributed by atoms with Crippen molar-refractivity contribution in [2.45, 2.75) is 58.5 Å². The smallest absolute Gasteiger partial charge is 0.317 e. The Morgan fingerprint density at radius 1 is 1.43 bits per heavy atom. The van der Waals surface area contributed by atoms with Crippen LogP contribution < -0.4 is 0 Å². The van der Waals surface area contributed by atoms with Crippen LogP contribution in [0.2, 0.25) is 0 Å². The van der Waals surface area contributed by atoms with Crippen molar-refractivity contribution < 1.29 is 9.90 Å². The Hall–Kier alpha value is -1.36. The minimum atomic E-state index is -0.776. The summed E-state index contributed by atoms with van der Waals surface area (Å²) in [4.78, 5) is 12.9. The largest absolute Gasteiger partial charge is 0.480 e. The van der Waals surface area contributed by atoms with E-state index in [4.69, 9.17) is 5.11 Å². The lowest BCUT2D eigenvalue weighted by Crippen LogP contribution is -2.32. The number of rotatable bonds is 7. The van der Waals surface area contributed by atoms with Crippen LogP contribution in [0.15, 0.2) is 12.3 Å². The highest BCUT2D eigenvalue weighted by molar-refractivity contribution is 5.69. The SMILES string of the molecule is CC(C)CN(CC(=O)O)Cc1ccn(C2CCCCC2)n1. The molecule has 0 aliphatic heterocycles. The molecule has 0 amide bonds. The van der Waals surface area contributed by atoms with Gasteiger partial charge in [-0.1, -0.05) is 33.1 Å². The first-order valence-corrected chi connectivity index (χ1v) is 8.02.